The Kier molecular flexibility index (Phi) is 5.85. The second-order valence-electron chi connectivity index (χ2n) is 7.41. The van der Waals surface area contributed by atoms with Crippen molar-refractivity contribution >= 4 is 43.9 Å². The predicted molar refractivity (Wildman–Crippen MR) is 124 cm³/mol. The molecule has 3 aromatic carbocycles. The number of nitrogens with zero attached hydrogens (tertiary/aromatic N) is 1. The molecule has 4 aromatic rings. The Morgan fingerprint density at radius 3 is 2.39 bits per heavy atom. The van der Waals surface area contributed by atoms with Crippen LogP contribution in [0.1, 0.15) is 11.1 Å². The van der Waals surface area contributed by atoms with Crippen LogP contribution in [-0.2, 0) is 26.9 Å². The number of sulfone groups is 1. The summed E-state index contributed by atoms with van der Waals surface area (Å²) in [5.74, 6) is -0.399. The van der Waals surface area contributed by atoms with Gasteiger partial charge in [-0.05, 0) is 30.7 Å². The largest absolute Gasteiger partial charge is 0.337 e. The second-order valence-corrected chi connectivity index (χ2v) is 9.78. The van der Waals surface area contributed by atoms with Crippen LogP contribution in [0.25, 0.3) is 10.9 Å². The Bertz CT molecular complexity index is 1360. The van der Waals surface area contributed by atoms with E-state index in [0.29, 0.717) is 21.6 Å². The minimum Gasteiger partial charge on any atom is -0.337 e. The molecule has 0 saturated carbocycles. The monoisotopic (exact) mass is 452 g/mol. The summed E-state index contributed by atoms with van der Waals surface area (Å²) >= 11 is 6.12. The van der Waals surface area contributed by atoms with Gasteiger partial charge in [-0.3, -0.25) is 4.79 Å². The molecule has 0 atom stereocenters. The first-order valence-electron chi connectivity index (χ1n) is 9.74. The van der Waals surface area contributed by atoms with Gasteiger partial charge in [0.2, 0.25) is 5.91 Å². The normalized spacial score (nSPS) is 11.5. The van der Waals surface area contributed by atoms with E-state index in [1.54, 1.807) is 47.2 Å². The van der Waals surface area contributed by atoms with E-state index in [4.69, 9.17) is 11.6 Å². The summed E-state index contributed by atoms with van der Waals surface area (Å²) in [6.45, 7) is 1.92. The number of anilines is 1. The summed E-state index contributed by atoms with van der Waals surface area (Å²) in [7, 11) is -3.61. The van der Waals surface area contributed by atoms with Crippen LogP contribution >= 0.6 is 11.6 Å². The van der Waals surface area contributed by atoms with Gasteiger partial charge >= 0.3 is 0 Å². The number of carbonyl (C=O) groups is 1. The van der Waals surface area contributed by atoms with Crippen LogP contribution in [0.3, 0.4) is 0 Å². The number of halogens is 1. The van der Waals surface area contributed by atoms with Crippen LogP contribution in [0.2, 0.25) is 5.02 Å². The van der Waals surface area contributed by atoms with Crippen molar-refractivity contribution in [2.75, 3.05) is 5.32 Å². The van der Waals surface area contributed by atoms with E-state index in [-0.39, 0.29) is 23.1 Å². The zero-order valence-electron chi connectivity index (χ0n) is 16.9. The number of carbonyl (C=O) groups excluding carboxylic acids is 1. The number of amides is 1. The molecule has 158 valence electrons. The fourth-order valence-corrected chi connectivity index (χ4v) is 5.25. The van der Waals surface area contributed by atoms with Crippen molar-refractivity contribution < 1.29 is 13.2 Å². The van der Waals surface area contributed by atoms with Gasteiger partial charge in [0.05, 0.1) is 21.4 Å². The molecule has 31 heavy (non-hydrogen) atoms. The summed E-state index contributed by atoms with van der Waals surface area (Å²) in [6.07, 6.45) is 1.54. The molecule has 1 amide bonds. The maximum atomic E-state index is 13.2. The van der Waals surface area contributed by atoms with Crippen molar-refractivity contribution in [2.45, 2.75) is 24.1 Å². The van der Waals surface area contributed by atoms with E-state index >= 15 is 0 Å². The molecule has 0 aliphatic heterocycles. The molecule has 4 rings (SSSR count). The van der Waals surface area contributed by atoms with Gasteiger partial charge in [0.1, 0.15) is 6.54 Å². The number of aromatic nitrogens is 1. The summed E-state index contributed by atoms with van der Waals surface area (Å²) in [4.78, 5) is 12.8. The number of benzene rings is 3. The highest BCUT2D eigenvalue weighted by molar-refractivity contribution is 7.90. The van der Waals surface area contributed by atoms with E-state index in [2.05, 4.69) is 5.32 Å². The molecular formula is C24H21ClN2O3S. The molecule has 0 spiro atoms. The van der Waals surface area contributed by atoms with Gasteiger partial charge in [0.15, 0.2) is 9.84 Å². The van der Waals surface area contributed by atoms with E-state index < -0.39 is 9.84 Å². The molecule has 0 bridgehead atoms. The minimum atomic E-state index is -3.61. The average molecular weight is 453 g/mol. The number of hydrogen-bond acceptors (Lipinski definition) is 3. The second kappa shape index (κ2) is 8.57. The van der Waals surface area contributed by atoms with Crippen LogP contribution in [-0.4, -0.2) is 18.9 Å². The molecular weight excluding hydrogens is 432 g/mol. The lowest BCUT2D eigenvalue weighted by molar-refractivity contribution is -0.116. The van der Waals surface area contributed by atoms with Crippen molar-refractivity contribution in [3.63, 3.8) is 0 Å². The summed E-state index contributed by atoms with van der Waals surface area (Å²) in [5, 5.41) is 3.81. The number of aryl methyl sites for hydroxylation is 1. The molecule has 0 aliphatic rings. The third-order valence-electron chi connectivity index (χ3n) is 5.03. The molecule has 0 saturated heterocycles. The number of para-hydroxylation sites is 2. The highest BCUT2D eigenvalue weighted by Crippen LogP contribution is 2.28. The van der Waals surface area contributed by atoms with Crippen LogP contribution in [0.5, 0.6) is 0 Å². The number of nitrogens with one attached hydrogen (secondary N) is 1. The zero-order chi connectivity index (χ0) is 22.0. The van der Waals surface area contributed by atoms with Crippen molar-refractivity contribution in [1.82, 2.24) is 4.57 Å². The molecule has 5 nitrogen and oxygen atoms in total. The summed E-state index contributed by atoms with van der Waals surface area (Å²) in [6, 6.07) is 21.6. The maximum absolute atomic E-state index is 13.2. The van der Waals surface area contributed by atoms with Gasteiger partial charge < -0.3 is 9.88 Å². The van der Waals surface area contributed by atoms with Crippen LogP contribution < -0.4 is 5.32 Å². The van der Waals surface area contributed by atoms with Gasteiger partial charge in [-0.2, -0.15) is 0 Å². The van der Waals surface area contributed by atoms with E-state index in [1.165, 1.54) is 0 Å². The van der Waals surface area contributed by atoms with Crippen LogP contribution in [0, 0.1) is 6.92 Å². The lowest BCUT2D eigenvalue weighted by atomic mass is 10.2. The number of rotatable bonds is 6. The third kappa shape index (κ3) is 4.65. The third-order valence-corrected chi connectivity index (χ3v) is 7.06. The van der Waals surface area contributed by atoms with E-state index in [0.717, 1.165) is 11.1 Å². The fourth-order valence-electron chi connectivity index (χ4n) is 3.48. The Morgan fingerprint density at radius 1 is 0.968 bits per heavy atom. The molecule has 1 aromatic heterocycles. The van der Waals surface area contributed by atoms with Gasteiger partial charge in [-0.1, -0.05) is 71.8 Å². The van der Waals surface area contributed by atoms with Crippen molar-refractivity contribution in [2.24, 2.45) is 0 Å². The Hall–Kier alpha value is -3.09. The first kappa shape index (κ1) is 21.2. The Morgan fingerprint density at radius 2 is 1.65 bits per heavy atom. The summed E-state index contributed by atoms with van der Waals surface area (Å²) in [5.41, 5.74) is 2.98. The Balaban J connectivity index is 1.65. The fraction of sp³-hybridized carbons (Fsp3) is 0.125. The molecule has 1 heterocycles. The van der Waals surface area contributed by atoms with E-state index in [1.807, 2.05) is 43.3 Å². The molecule has 0 unspecified atom stereocenters. The Labute approximate surface area is 186 Å². The number of fused-ring (bicyclic) bond motifs is 1. The number of hydrogen-bond donors (Lipinski definition) is 1. The lowest BCUT2D eigenvalue weighted by Crippen LogP contribution is -2.18. The lowest BCUT2D eigenvalue weighted by Gasteiger charge is -2.08. The van der Waals surface area contributed by atoms with E-state index in [9.17, 15) is 13.2 Å². The standard InChI is InChI=1S/C24H21ClN2O3S/c1-17-10-12-18(13-11-17)16-31(29,30)23-14-27(22-9-5-2-6-19(22)23)15-24(28)26-21-8-4-3-7-20(21)25/h2-14H,15-16H2,1H3,(H,26,28). The maximum Gasteiger partial charge on any atom is 0.244 e. The molecule has 1 N–H and O–H groups in total. The first-order valence-corrected chi connectivity index (χ1v) is 11.8. The average Bonchev–Trinajstić information content (AvgIpc) is 3.11. The quantitative estimate of drug-likeness (QED) is 0.436. The highest BCUT2D eigenvalue weighted by atomic mass is 35.5. The van der Waals surface area contributed by atoms with Crippen LogP contribution in [0.4, 0.5) is 5.69 Å². The van der Waals surface area contributed by atoms with Crippen molar-refractivity contribution in [3.05, 3.63) is 95.1 Å². The first-order chi connectivity index (χ1) is 14.8. The molecule has 0 fully saturated rings. The van der Waals surface area contributed by atoms with Gasteiger partial charge in [0, 0.05) is 17.1 Å². The minimum absolute atomic E-state index is 0.0359. The highest BCUT2D eigenvalue weighted by Gasteiger charge is 2.22. The zero-order valence-corrected chi connectivity index (χ0v) is 18.5. The molecule has 0 radical (unpaired) electrons. The smallest absolute Gasteiger partial charge is 0.244 e. The molecule has 7 heteroatoms. The van der Waals surface area contributed by atoms with Gasteiger partial charge in [0.25, 0.3) is 0 Å². The van der Waals surface area contributed by atoms with Crippen molar-refractivity contribution in [3.8, 4) is 0 Å². The van der Waals surface area contributed by atoms with Crippen LogP contribution in [0.15, 0.2) is 83.9 Å². The summed E-state index contributed by atoms with van der Waals surface area (Å²) < 4.78 is 28.1. The van der Waals surface area contributed by atoms with Gasteiger partial charge in [-0.25, -0.2) is 8.42 Å². The van der Waals surface area contributed by atoms with Crippen molar-refractivity contribution in [1.29, 1.82) is 0 Å². The molecule has 0 aliphatic carbocycles. The van der Waals surface area contributed by atoms with Gasteiger partial charge in [-0.15, -0.1) is 0 Å². The topological polar surface area (TPSA) is 68.2 Å². The SMILES string of the molecule is Cc1ccc(CS(=O)(=O)c2cn(CC(=O)Nc3ccccc3Cl)c3ccccc23)cc1. The predicted octanol–water partition coefficient (Wildman–Crippen LogP) is 5.22.